The zero-order valence-electron chi connectivity index (χ0n) is 16.0. The highest BCUT2D eigenvalue weighted by atomic mass is 27.2. The molecular weight excluding hydrogens is 428 g/mol. The van der Waals surface area contributed by atoms with Crippen molar-refractivity contribution in [3.05, 3.63) is 82.2 Å². The molecule has 0 bridgehead atoms. The minimum absolute atomic E-state index is 0.110. The third-order valence-corrected chi connectivity index (χ3v) is 8.18. The first kappa shape index (κ1) is 22.2. The van der Waals surface area contributed by atoms with Gasteiger partial charge in [-0.05, 0) is 50.4 Å². The molecule has 0 amide bonds. The topological polar surface area (TPSA) is 9.23 Å². The number of benzene rings is 3. The van der Waals surface area contributed by atoms with Gasteiger partial charge in [0.05, 0.1) is 7.11 Å². The smallest absolute Gasteiger partial charge is 0.412 e. The van der Waals surface area contributed by atoms with Crippen molar-refractivity contribution in [3.63, 3.8) is 0 Å². The predicted molar refractivity (Wildman–Crippen MR) is 99.7 cm³/mol. The molecule has 0 N–H and O–H groups in total. The Kier molecular flexibility index (Phi) is 6.16. The predicted octanol–water partition coefficient (Wildman–Crippen LogP) is 3.80. The Bertz CT molecular complexity index is 1090. The summed E-state index contributed by atoms with van der Waals surface area (Å²) in [4.78, 5) is 0. The van der Waals surface area contributed by atoms with Crippen molar-refractivity contribution in [2.75, 3.05) is 7.11 Å². The standard InChI is InChI=1S/C7H4F3O.2C7H5F2.Al/c1-11-7-3-5(9)4(8)2-6(7)10;2*1-5-2-3-6(8)4-7(5)9;/h3H,1H3;2*2-3H,1H3;. The second-order valence-electron chi connectivity index (χ2n) is 6.72. The summed E-state index contributed by atoms with van der Waals surface area (Å²) in [6.07, 6.45) is 0. The summed E-state index contributed by atoms with van der Waals surface area (Å²) in [5.74, 6) is -10.5. The van der Waals surface area contributed by atoms with E-state index in [0.29, 0.717) is 6.07 Å². The molecule has 3 aromatic rings. The van der Waals surface area contributed by atoms with Crippen molar-refractivity contribution >= 4 is 27.4 Å². The number of aryl methyl sites for hydroxylation is 2. The van der Waals surface area contributed by atoms with Crippen LogP contribution in [0.15, 0.2) is 30.3 Å². The molecule has 0 aromatic heterocycles. The summed E-state index contributed by atoms with van der Waals surface area (Å²) in [7, 11) is 0.970. The molecule has 30 heavy (non-hydrogen) atoms. The highest BCUT2D eigenvalue weighted by molar-refractivity contribution is 6.95. The van der Waals surface area contributed by atoms with E-state index in [1.807, 2.05) is 0 Å². The van der Waals surface area contributed by atoms with Gasteiger partial charge in [0.1, 0.15) is 29.1 Å². The van der Waals surface area contributed by atoms with Crippen molar-refractivity contribution in [2.24, 2.45) is 0 Å². The molecule has 0 fully saturated rings. The minimum atomic E-state index is -4.24. The lowest BCUT2D eigenvalue weighted by Crippen LogP contribution is -2.59. The molecular formula is C21H14AlF7O. The van der Waals surface area contributed by atoms with Gasteiger partial charge in [-0.3, -0.25) is 0 Å². The van der Waals surface area contributed by atoms with Crippen LogP contribution in [0.3, 0.4) is 0 Å². The minimum Gasteiger partial charge on any atom is -0.494 e. The van der Waals surface area contributed by atoms with E-state index in [9.17, 15) is 26.3 Å². The Labute approximate surface area is 172 Å². The number of halogens is 7. The van der Waals surface area contributed by atoms with Crippen molar-refractivity contribution in [2.45, 2.75) is 13.8 Å². The highest BCUT2D eigenvalue weighted by Gasteiger charge is 2.42. The number of hydrogen-bond donors (Lipinski definition) is 0. The van der Waals surface area contributed by atoms with E-state index in [0.717, 1.165) is 31.4 Å². The first-order valence-corrected chi connectivity index (χ1v) is 10.4. The summed E-state index contributed by atoms with van der Waals surface area (Å²) in [5.41, 5.74) is -0.219. The van der Waals surface area contributed by atoms with Crippen molar-refractivity contribution < 1.29 is 35.5 Å². The maximum atomic E-state index is 15.1. The van der Waals surface area contributed by atoms with Gasteiger partial charge in [-0.2, -0.15) is 0 Å². The van der Waals surface area contributed by atoms with Crippen LogP contribution < -0.4 is 18.0 Å². The quantitative estimate of drug-likeness (QED) is 0.340. The fraction of sp³-hybridized carbons (Fsp3) is 0.143. The second kappa shape index (κ2) is 8.32. The summed E-state index contributed by atoms with van der Waals surface area (Å²) < 4.78 is 105. The molecule has 0 aliphatic rings. The molecule has 0 aliphatic heterocycles. The van der Waals surface area contributed by atoms with Gasteiger partial charge in [-0.25, -0.2) is 30.7 Å². The van der Waals surface area contributed by atoms with Gasteiger partial charge in [0.2, 0.25) is 0 Å². The second-order valence-corrected chi connectivity index (χ2v) is 9.32. The van der Waals surface area contributed by atoms with Gasteiger partial charge < -0.3 is 4.74 Å². The van der Waals surface area contributed by atoms with Gasteiger partial charge in [0.25, 0.3) is 0 Å². The van der Waals surface area contributed by atoms with Crippen LogP contribution in [0.25, 0.3) is 0 Å². The van der Waals surface area contributed by atoms with E-state index in [4.69, 9.17) is 0 Å². The van der Waals surface area contributed by atoms with Crippen LogP contribution in [0.5, 0.6) is 5.75 Å². The lowest BCUT2D eigenvalue weighted by Gasteiger charge is -2.20. The first-order chi connectivity index (χ1) is 14.1. The Morgan fingerprint density at radius 3 is 1.50 bits per heavy atom. The molecule has 9 heteroatoms. The Balaban J connectivity index is 2.55. The monoisotopic (exact) mass is 442 g/mol. The van der Waals surface area contributed by atoms with Crippen molar-refractivity contribution in [1.82, 2.24) is 0 Å². The van der Waals surface area contributed by atoms with Crippen LogP contribution in [0.1, 0.15) is 11.1 Å². The summed E-state index contributed by atoms with van der Waals surface area (Å²) in [6.45, 7) is 2.51. The van der Waals surface area contributed by atoms with Crippen molar-refractivity contribution in [3.8, 4) is 5.75 Å². The van der Waals surface area contributed by atoms with E-state index in [1.165, 1.54) is 13.8 Å². The fourth-order valence-electron chi connectivity index (χ4n) is 3.32. The van der Waals surface area contributed by atoms with E-state index in [2.05, 4.69) is 4.74 Å². The zero-order valence-corrected chi connectivity index (χ0v) is 17.2. The lowest BCUT2D eigenvalue weighted by atomic mass is 10.2. The molecule has 0 saturated carbocycles. The largest absolute Gasteiger partial charge is 0.494 e. The molecule has 0 saturated heterocycles. The van der Waals surface area contributed by atoms with Gasteiger partial charge >= 0.3 is 14.1 Å². The molecule has 0 spiro atoms. The van der Waals surface area contributed by atoms with E-state index in [-0.39, 0.29) is 11.1 Å². The Morgan fingerprint density at radius 2 is 1.07 bits per heavy atom. The molecule has 1 nitrogen and oxygen atoms in total. The Hall–Kier alpha value is -2.50. The first-order valence-electron chi connectivity index (χ1n) is 8.70. The SMILES string of the molecule is COc1cc(F)c(F)[c]([Al]([c]2c(F)ccc(C)c2F)[c]2c(F)ccc(C)c2F)c1F. The maximum absolute atomic E-state index is 15.1. The Morgan fingerprint density at radius 1 is 0.600 bits per heavy atom. The summed E-state index contributed by atoms with van der Waals surface area (Å²) in [6, 6.07) is 4.20. The van der Waals surface area contributed by atoms with Crippen LogP contribution in [0.4, 0.5) is 30.7 Å². The molecule has 0 unspecified atom stereocenters. The van der Waals surface area contributed by atoms with Crippen LogP contribution in [-0.4, -0.2) is 21.3 Å². The number of methoxy groups -OCH3 is 1. The average molecular weight is 442 g/mol. The molecule has 3 aromatic carbocycles. The van der Waals surface area contributed by atoms with Gasteiger partial charge in [-0.1, -0.05) is 12.1 Å². The maximum Gasteiger partial charge on any atom is 0.412 e. The highest BCUT2D eigenvalue weighted by Crippen LogP contribution is 2.21. The van der Waals surface area contributed by atoms with Crippen molar-refractivity contribution in [1.29, 1.82) is 0 Å². The average Bonchev–Trinajstić information content (AvgIpc) is 2.70. The van der Waals surface area contributed by atoms with Gasteiger partial charge in [0, 0.05) is 6.07 Å². The normalized spacial score (nSPS) is 11.0. The van der Waals surface area contributed by atoms with Crippen LogP contribution in [0, 0.1) is 54.6 Å². The molecule has 0 aliphatic carbocycles. The number of rotatable bonds is 4. The molecule has 3 rings (SSSR count). The summed E-state index contributed by atoms with van der Waals surface area (Å²) in [5, 5.41) is 0. The summed E-state index contributed by atoms with van der Waals surface area (Å²) >= 11 is -4.24. The fourth-order valence-corrected chi connectivity index (χ4v) is 6.68. The number of hydrogen-bond acceptors (Lipinski definition) is 1. The zero-order chi connectivity index (χ0) is 22.3. The lowest BCUT2D eigenvalue weighted by molar-refractivity contribution is 0.379. The van der Waals surface area contributed by atoms with Gasteiger partial charge in [-0.15, -0.1) is 0 Å². The van der Waals surface area contributed by atoms with Crippen LogP contribution in [0.2, 0.25) is 0 Å². The van der Waals surface area contributed by atoms with Crippen LogP contribution in [-0.2, 0) is 0 Å². The third kappa shape index (κ3) is 3.57. The molecule has 156 valence electrons. The van der Waals surface area contributed by atoms with Gasteiger partial charge in [0.15, 0.2) is 17.4 Å². The number of ether oxygens (including phenoxy) is 1. The van der Waals surface area contributed by atoms with E-state index in [1.54, 1.807) is 0 Å². The van der Waals surface area contributed by atoms with Crippen LogP contribution >= 0.6 is 0 Å². The molecule has 0 radical (unpaired) electrons. The molecule has 0 heterocycles. The third-order valence-electron chi connectivity index (χ3n) is 4.88. The molecule has 0 atom stereocenters. The van der Waals surface area contributed by atoms with E-state index >= 15 is 4.39 Å². The van der Waals surface area contributed by atoms with E-state index < -0.39 is 73.9 Å².